The van der Waals surface area contributed by atoms with Gasteiger partial charge in [0.15, 0.2) is 0 Å². The molecule has 2 aromatic rings. The summed E-state index contributed by atoms with van der Waals surface area (Å²) in [7, 11) is 0. The van der Waals surface area contributed by atoms with E-state index in [1.807, 2.05) is 12.3 Å². The fourth-order valence-corrected chi connectivity index (χ4v) is 5.60. The van der Waals surface area contributed by atoms with Gasteiger partial charge in [0.2, 0.25) is 0 Å². The third-order valence-corrected chi connectivity index (χ3v) is 6.98. The molecule has 2 aliphatic heterocycles. The second kappa shape index (κ2) is 6.41. The lowest BCUT2D eigenvalue weighted by Gasteiger charge is -2.47. The lowest BCUT2D eigenvalue weighted by atomic mass is 9.82. The van der Waals surface area contributed by atoms with Crippen molar-refractivity contribution in [3.8, 4) is 0 Å². The molecule has 2 aliphatic rings. The van der Waals surface area contributed by atoms with E-state index in [4.69, 9.17) is 16.3 Å². The van der Waals surface area contributed by atoms with E-state index in [1.165, 1.54) is 16.0 Å². The van der Waals surface area contributed by atoms with Crippen molar-refractivity contribution in [3.05, 3.63) is 50.4 Å². The molecule has 0 unspecified atom stereocenters. The van der Waals surface area contributed by atoms with Crippen molar-refractivity contribution >= 4 is 22.9 Å². The van der Waals surface area contributed by atoms with E-state index in [0.717, 1.165) is 49.0 Å². The van der Waals surface area contributed by atoms with Gasteiger partial charge in [-0.1, -0.05) is 17.7 Å². The Morgan fingerprint density at radius 2 is 2.38 bits per heavy atom. The molecule has 3 nitrogen and oxygen atoms in total. The molecule has 5 heteroatoms. The molecule has 2 atom stereocenters. The Hall–Kier alpha value is -0.940. The predicted octanol–water partition coefficient (Wildman–Crippen LogP) is 4.56. The number of hydrogen-bond donors (Lipinski definition) is 0. The highest BCUT2D eigenvalue weighted by Crippen LogP contribution is 2.48. The number of rotatable bonds is 2. The van der Waals surface area contributed by atoms with Crippen LogP contribution < -0.4 is 0 Å². The SMILES string of the molecule is Cc1ncccc1CN1CC[C@]2(C[C@@H]1C)OCCc1cc(Cl)sc12. The molecule has 24 heavy (non-hydrogen) atoms. The van der Waals surface area contributed by atoms with Crippen LogP contribution in [0.5, 0.6) is 0 Å². The number of piperidine rings is 1. The Kier molecular flexibility index (Phi) is 4.42. The van der Waals surface area contributed by atoms with Gasteiger partial charge >= 0.3 is 0 Å². The van der Waals surface area contributed by atoms with E-state index in [2.05, 4.69) is 35.9 Å². The highest BCUT2D eigenvalue weighted by atomic mass is 35.5. The first-order chi connectivity index (χ1) is 11.6. The van der Waals surface area contributed by atoms with E-state index in [0.29, 0.717) is 6.04 Å². The third-order valence-electron chi connectivity index (χ3n) is 5.48. The lowest BCUT2D eigenvalue weighted by Crippen LogP contribution is -2.50. The molecule has 0 aromatic carbocycles. The number of hydrogen-bond acceptors (Lipinski definition) is 4. The quantitative estimate of drug-likeness (QED) is 0.783. The molecule has 4 rings (SSSR count). The van der Waals surface area contributed by atoms with Gasteiger partial charge in [0.1, 0.15) is 5.60 Å². The maximum absolute atomic E-state index is 6.35. The summed E-state index contributed by atoms with van der Waals surface area (Å²) in [5, 5.41) is 0. The monoisotopic (exact) mass is 362 g/mol. The fraction of sp³-hybridized carbons (Fsp3) is 0.526. The van der Waals surface area contributed by atoms with Crippen LogP contribution in [0.25, 0.3) is 0 Å². The first-order valence-electron chi connectivity index (χ1n) is 8.64. The second-order valence-electron chi connectivity index (χ2n) is 7.02. The molecule has 128 valence electrons. The Morgan fingerprint density at radius 1 is 1.50 bits per heavy atom. The van der Waals surface area contributed by atoms with Crippen molar-refractivity contribution in [2.75, 3.05) is 13.2 Å². The molecular formula is C19H23ClN2OS. The Bertz CT molecular complexity index is 747. The van der Waals surface area contributed by atoms with Gasteiger partial charge in [0.25, 0.3) is 0 Å². The second-order valence-corrected chi connectivity index (χ2v) is 8.70. The fourth-order valence-electron chi connectivity index (χ4n) is 4.12. The van der Waals surface area contributed by atoms with E-state index in [-0.39, 0.29) is 5.60 Å². The minimum Gasteiger partial charge on any atom is -0.369 e. The number of nitrogens with zero attached hydrogens (tertiary/aromatic N) is 2. The van der Waals surface area contributed by atoms with Crippen molar-refractivity contribution in [3.63, 3.8) is 0 Å². The van der Waals surface area contributed by atoms with Crippen molar-refractivity contribution in [1.29, 1.82) is 0 Å². The first kappa shape index (κ1) is 16.5. The largest absolute Gasteiger partial charge is 0.369 e. The number of ether oxygens (including phenoxy) is 1. The number of fused-ring (bicyclic) bond motifs is 2. The van der Waals surface area contributed by atoms with Crippen LogP contribution in [-0.4, -0.2) is 29.1 Å². The number of aromatic nitrogens is 1. The summed E-state index contributed by atoms with van der Waals surface area (Å²) in [5.74, 6) is 0. The third kappa shape index (κ3) is 2.90. The van der Waals surface area contributed by atoms with Crippen LogP contribution in [0.1, 0.15) is 41.5 Å². The summed E-state index contributed by atoms with van der Waals surface area (Å²) >= 11 is 8.01. The van der Waals surface area contributed by atoms with Crippen LogP contribution in [0.4, 0.5) is 0 Å². The molecular weight excluding hydrogens is 340 g/mol. The Labute approximate surface area is 152 Å². The predicted molar refractivity (Wildman–Crippen MR) is 98.7 cm³/mol. The molecule has 0 radical (unpaired) electrons. The highest BCUT2D eigenvalue weighted by molar-refractivity contribution is 7.16. The van der Waals surface area contributed by atoms with Gasteiger partial charge in [-0.3, -0.25) is 9.88 Å². The van der Waals surface area contributed by atoms with Crippen molar-refractivity contribution < 1.29 is 4.74 Å². The minimum absolute atomic E-state index is 0.120. The number of pyridine rings is 1. The van der Waals surface area contributed by atoms with Gasteiger partial charge in [-0.25, -0.2) is 0 Å². The van der Waals surface area contributed by atoms with Crippen molar-refractivity contribution in [2.45, 2.75) is 51.3 Å². The summed E-state index contributed by atoms with van der Waals surface area (Å²) in [4.78, 5) is 8.36. The van der Waals surface area contributed by atoms with E-state index in [1.54, 1.807) is 11.3 Å². The van der Waals surface area contributed by atoms with Gasteiger partial charge in [0.05, 0.1) is 10.9 Å². The van der Waals surface area contributed by atoms with Crippen LogP contribution in [0, 0.1) is 6.92 Å². The standard InChI is InChI=1S/C19H23ClN2OS/c1-13-11-19(18-15(5-9-23-19)10-17(20)24-18)6-8-22(13)12-16-4-3-7-21-14(16)2/h3-4,7,10,13H,5-6,8-9,11-12H2,1-2H3/t13-,19+/m0/s1. The Balaban J connectivity index is 1.54. The number of thiophene rings is 1. The minimum atomic E-state index is -0.120. The van der Waals surface area contributed by atoms with Gasteiger partial charge < -0.3 is 4.74 Å². The van der Waals surface area contributed by atoms with Gasteiger partial charge in [-0.15, -0.1) is 11.3 Å². The average molecular weight is 363 g/mol. The van der Waals surface area contributed by atoms with Crippen molar-refractivity contribution in [1.82, 2.24) is 9.88 Å². The summed E-state index contributed by atoms with van der Waals surface area (Å²) in [6, 6.07) is 6.84. The highest BCUT2D eigenvalue weighted by Gasteiger charge is 2.44. The lowest BCUT2D eigenvalue weighted by molar-refractivity contribution is -0.110. The Morgan fingerprint density at radius 3 is 3.17 bits per heavy atom. The van der Waals surface area contributed by atoms with Gasteiger partial charge in [0, 0.05) is 35.9 Å². The molecule has 0 N–H and O–H groups in total. The molecule has 1 saturated heterocycles. The molecule has 1 spiro atoms. The van der Waals surface area contributed by atoms with E-state index >= 15 is 0 Å². The number of halogens is 1. The normalized spacial score (nSPS) is 27.4. The molecule has 0 amide bonds. The van der Waals surface area contributed by atoms with Crippen molar-refractivity contribution in [2.24, 2.45) is 0 Å². The molecule has 0 aliphatic carbocycles. The summed E-state index contributed by atoms with van der Waals surface area (Å²) in [5.41, 5.74) is 3.74. The maximum atomic E-state index is 6.35. The molecule has 2 aromatic heterocycles. The van der Waals surface area contributed by atoms with Crippen LogP contribution >= 0.6 is 22.9 Å². The van der Waals surface area contributed by atoms with Crippen LogP contribution in [0.15, 0.2) is 24.4 Å². The summed E-state index contributed by atoms with van der Waals surface area (Å²) in [6.07, 6.45) is 4.94. The van der Waals surface area contributed by atoms with Crippen LogP contribution in [0.2, 0.25) is 4.34 Å². The molecule has 0 bridgehead atoms. The smallest absolute Gasteiger partial charge is 0.105 e. The zero-order valence-corrected chi connectivity index (χ0v) is 15.8. The zero-order chi connectivity index (χ0) is 16.7. The number of likely N-dealkylation sites (tertiary alicyclic amines) is 1. The number of aryl methyl sites for hydroxylation is 1. The van der Waals surface area contributed by atoms with Gasteiger partial charge in [-0.2, -0.15) is 0 Å². The van der Waals surface area contributed by atoms with Crippen LogP contribution in [-0.2, 0) is 23.3 Å². The molecule has 0 saturated carbocycles. The average Bonchev–Trinajstić information content (AvgIpc) is 2.94. The molecule has 1 fully saturated rings. The summed E-state index contributed by atoms with van der Waals surface area (Å²) in [6.45, 7) is 7.24. The van der Waals surface area contributed by atoms with Crippen LogP contribution in [0.3, 0.4) is 0 Å². The van der Waals surface area contributed by atoms with E-state index < -0.39 is 0 Å². The first-order valence-corrected chi connectivity index (χ1v) is 9.84. The molecule has 4 heterocycles. The maximum Gasteiger partial charge on any atom is 0.105 e. The van der Waals surface area contributed by atoms with Gasteiger partial charge in [-0.05, 0) is 56.4 Å². The topological polar surface area (TPSA) is 25.4 Å². The summed E-state index contributed by atoms with van der Waals surface area (Å²) < 4.78 is 7.25. The van der Waals surface area contributed by atoms with E-state index in [9.17, 15) is 0 Å². The zero-order valence-electron chi connectivity index (χ0n) is 14.2.